The summed E-state index contributed by atoms with van der Waals surface area (Å²) in [5.41, 5.74) is 2.13. The summed E-state index contributed by atoms with van der Waals surface area (Å²) in [5, 5.41) is 0. The van der Waals surface area contributed by atoms with E-state index in [4.69, 9.17) is 5.84 Å². The molecule has 0 aromatic heterocycles. The molecule has 3 N–H and O–H groups in total. The standard InChI is InChI=1S/C11H21N3O4S2/c1-20(17,18)7-6-19-8-10(15)14-4-2-9(3-5-14)11(16)13-12/h9H,2-8,12H2,1H3,(H,13,16). The van der Waals surface area contributed by atoms with Crippen LogP contribution < -0.4 is 11.3 Å². The topological polar surface area (TPSA) is 110 Å². The first kappa shape index (κ1) is 17.3. The molecule has 2 amide bonds. The first-order valence-electron chi connectivity index (χ1n) is 6.37. The molecule has 0 atom stereocenters. The number of nitrogens with two attached hydrogens (primary N) is 1. The molecule has 1 saturated heterocycles. The second-order valence-electron chi connectivity index (χ2n) is 4.85. The van der Waals surface area contributed by atoms with Crippen LogP contribution in [0, 0.1) is 5.92 Å². The Hall–Kier alpha value is -0.800. The smallest absolute Gasteiger partial charge is 0.237 e. The lowest BCUT2D eigenvalue weighted by atomic mass is 9.96. The molecule has 0 aromatic carbocycles. The van der Waals surface area contributed by atoms with E-state index in [1.165, 1.54) is 18.0 Å². The number of carbonyl (C=O) groups is 2. The third kappa shape index (κ3) is 6.10. The van der Waals surface area contributed by atoms with Crippen molar-refractivity contribution in [2.24, 2.45) is 11.8 Å². The Bertz CT molecular complexity index is 445. The number of rotatable bonds is 6. The molecule has 9 heteroatoms. The summed E-state index contributed by atoms with van der Waals surface area (Å²) in [4.78, 5) is 25.0. The Morgan fingerprint density at radius 3 is 2.45 bits per heavy atom. The number of likely N-dealkylation sites (tertiary alicyclic amines) is 1. The Kier molecular flexibility index (Phi) is 6.77. The van der Waals surface area contributed by atoms with E-state index in [1.54, 1.807) is 4.90 Å². The number of piperidine rings is 1. The zero-order valence-corrected chi connectivity index (χ0v) is 13.1. The lowest BCUT2D eigenvalue weighted by Gasteiger charge is -2.31. The van der Waals surface area contributed by atoms with Gasteiger partial charge in [-0.05, 0) is 12.8 Å². The molecule has 0 spiro atoms. The molecule has 0 unspecified atom stereocenters. The Balaban J connectivity index is 2.24. The molecule has 0 bridgehead atoms. The van der Waals surface area contributed by atoms with Crippen LogP contribution in [0.15, 0.2) is 0 Å². The molecule has 20 heavy (non-hydrogen) atoms. The number of amides is 2. The third-order valence-corrected chi connectivity index (χ3v) is 5.33. The zero-order chi connectivity index (χ0) is 15.2. The van der Waals surface area contributed by atoms with Crippen LogP contribution in [-0.2, 0) is 19.4 Å². The average Bonchev–Trinajstić information content (AvgIpc) is 2.41. The van der Waals surface area contributed by atoms with E-state index in [2.05, 4.69) is 5.43 Å². The summed E-state index contributed by atoms with van der Waals surface area (Å²) in [7, 11) is -2.97. The molecule has 116 valence electrons. The number of carbonyl (C=O) groups excluding carboxylic acids is 2. The number of sulfone groups is 1. The Morgan fingerprint density at radius 1 is 1.35 bits per heavy atom. The molecule has 0 aromatic rings. The SMILES string of the molecule is CS(=O)(=O)CCSCC(=O)N1CCC(C(=O)NN)CC1. The van der Waals surface area contributed by atoms with Gasteiger partial charge in [-0.1, -0.05) is 0 Å². The van der Waals surface area contributed by atoms with Crippen molar-refractivity contribution in [2.75, 3.05) is 36.6 Å². The highest BCUT2D eigenvalue weighted by atomic mass is 32.2. The van der Waals surface area contributed by atoms with Crippen LogP contribution in [0.3, 0.4) is 0 Å². The van der Waals surface area contributed by atoms with Crippen molar-refractivity contribution >= 4 is 33.4 Å². The van der Waals surface area contributed by atoms with Gasteiger partial charge in [-0.2, -0.15) is 11.8 Å². The summed E-state index contributed by atoms with van der Waals surface area (Å²) in [6, 6.07) is 0. The van der Waals surface area contributed by atoms with Crippen molar-refractivity contribution < 1.29 is 18.0 Å². The summed E-state index contributed by atoms with van der Waals surface area (Å²) < 4.78 is 21.9. The quantitative estimate of drug-likeness (QED) is 0.281. The number of hydrazine groups is 1. The van der Waals surface area contributed by atoms with Crippen molar-refractivity contribution in [3.8, 4) is 0 Å². The van der Waals surface area contributed by atoms with Crippen molar-refractivity contribution in [3.63, 3.8) is 0 Å². The highest BCUT2D eigenvalue weighted by Gasteiger charge is 2.26. The summed E-state index contributed by atoms with van der Waals surface area (Å²) in [6.45, 7) is 1.09. The molecule has 1 aliphatic rings. The molecule has 0 saturated carbocycles. The van der Waals surface area contributed by atoms with Gasteiger partial charge in [-0.25, -0.2) is 14.3 Å². The summed E-state index contributed by atoms with van der Waals surface area (Å²) >= 11 is 1.32. The largest absolute Gasteiger partial charge is 0.342 e. The van der Waals surface area contributed by atoms with Gasteiger partial charge in [-0.15, -0.1) is 0 Å². The molecule has 0 aliphatic carbocycles. The van der Waals surface area contributed by atoms with Gasteiger partial charge >= 0.3 is 0 Å². The maximum absolute atomic E-state index is 11.9. The van der Waals surface area contributed by atoms with E-state index in [0.29, 0.717) is 31.7 Å². The molecule has 7 nitrogen and oxygen atoms in total. The predicted molar refractivity (Wildman–Crippen MR) is 78.7 cm³/mol. The lowest BCUT2D eigenvalue weighted by molar-refractivity contribution is -0.133. The van der Waals surface area contributed by atoms with Gasteiger partial charge in [0, 0.05) is 31.0 Å². The Morgan fingerprint density at radius 2 is 1.95 bits per heavy atom. The fourth-order valence-corrected chi connectivity index (χ4v) is 4.15. The van der Waals surface area contributed by atoms with Gasteiger partial charge in [0.15, 0.2) is 0 Å². The second-order valence-corrected chi connectivity index (χ2v) is 8.21. The monoisotopic (exact) mass is 323 g/mol. The van der Waals surface area contributed by atoms with E-state index in [-0.39, 0.29) is 29.2 Å². The van der Waals surface area contributed by atoms with Gasteiger partial charge in [-0.3, -0.25) is 15.0 Å². The molecule has 1 fully saturated rings. The number of hydrogen-bond acceptors (Lipinski definition) is 6. The van der Waals surface area contributed by atoms with E-state index < -0.39 is 9.84 Å². The maximum atomic E-state index is 11.9. The van der Waals surface area contributed by atoms with Crippen molar-refractivity contribution in [1.82, 2.24) is 10.3 Å². The second kappa shape index (κ2) is 7.84. The molecule has 0 radical (unpaired) electrons. The van der Waals surface area contributed by atoms with Crippen molar-refractivity contribution in [3.05, 3.63) is 0 Å². The molecular weight excluding hydrogens is 302 g/mol. The highest BCUT2D eigenvalue weighted by molar-refractivity contribution is 8.01. The number of nitrogens with one attached hydrogen (secondary N) is 1. The zero-order valence-electron chi connectivity index (χ0n) is 11.5. The maximum Gasteiger partial charge on any atom is 0.237 e. The molecule has 1 aliphatic heterocycles. The lowest BCUT2D eigenvalue weighted by Crippen LogP contribution is -2.45. The minimum atomic E-state index is -2.97. The van der Waals surface area contributed by atoms with Gasteiger partial charge in [0.2, 0.25) is 11.8 Å². The molecular formula is C11H21N3O4S2. The molecule has 1 heterocycles. The van der Waals surface area contributed by atoms with Crippen LogP contribution in [0.5, 0.6) is 0 Å². The fourth-order valence-electron chi connectivity index (χ4n) is 1.97. The first-order valence-corrected chi connectivity index (χ1v) is 9.58. The number of nitrogens with zero attached hydrogens (tertiary/aromatic N) is 1. The van der Waals surface area contributed by atoms with E-state index in [9.17, 15) is 18.0 Å². The minimum Gasteiger partial charge on any atom is -0.342 e. The average molecular weight is 323 g/mol. The van der Waals surface area contributed by atoms with Crippen LogP contribution in [0.25, 0.3) is 0 Å². The van der Waals surface area contributed by atoms with Gasteiger partial charge < -0.3 is 4.90 Å². The van der Waals surface area contributed by atoms with E-state index in [0.717, 1.165) is 0 Å². The van der Waals surface area contributed by atoms with E-state index >= 15 is 0 Å². The Labute approximate surface area is 123 Å². The third-order valence-electron chi connectivity index (χ3n) is 3.18. The highest BCUT2D eigenvalue weighted by Crippen LogP contribution is 2.18. The summed E-state index contributed by atoms with van der Waals surface area (Å²) in [5.74, 6) is 5.57. The van der Waals surface area contributed by atoms with Gasteiger partial charge in [0.1, 0.15) is 9.84 Å². The molecule has 1 rings (SSSR count). The van der Waals surface area contributed by atoms with Gasteiger partial charge in [0.05, 0.1) is 11.5 Å². The first-order chi connectivity index (χ1) is 9.33. The van der Waals surface area contributed by atoms with Crippen LogP contribution in [0.2, 0.25) is 0 Å². The van der Waals surface area contributed by atoms with Crippen molar-refractivity contribution in [2.45, 2.75) is 12.8 Å². The number of thioether (sulfide) groups is 1. The normalized spacial score (nSPS) is 17.0. The fraction of sp³-hybridized carbons (Fsp3) is 0.818. The predicted octanol–water partition coefficient (Wildman–Crippen LogP) is -1.01. The van der Waals surface area contributed by atoms with Crippen molar-refractivity contribution in [1.29, 1.82) is 0 Å². The van der Waals surface area contributed by atoms with E-state index in [1.807, 2.05) is 0 Å². The van der Waals surface area contributed by atoms with Crippen LogP contribution in [-0.4, -0.2) is 61.7 Å². The summed E-state index contributed by atoms with van der Waals surface area (Å²) in [6.07, 6.45) is 2.41. The number of hydrogen-bond donors (Lipinski definition) is 2. The van der Waals surface area contributed by atoms with Gasteiger partial charge in [0.25, 0.3) is 0 Å². The minimum absolute atomic E-state index is 0.00453. The van der Waals surface area contributed by atoms with Crippen LogP contribution >= 0.6 is 11.8 Å². The van der Waals surface area contributed by atoms with Crippen LogP contribution in [0.4, 0.5) is 0 Å². The van der Waals surface area contributed by atoms with Crippen LogP contribution in [0.1, 0.15) is 12.8 Å².